The third kappa shape index (κ3) is 5.71. The maximum atomic E-state index is 13.1. The van der Waals surface area contributed by atoms with E-state index in [1.807, 2.05) is 24.1 Å². The number of carbonyl (C=O) groups excluding carboxylic acids is 2. The number of ether oxygens (including phenoxy) is 1. The van der Waals surface area contributed by atoms with Crippen LogP contribution in [-0.2, 0) is 6.42 Å². The number of carbonyl (C=O) groups is 2. The molecular weight excluding hydrogens is 482 g/mol. The minimum Gasteiger partial charge on any atom is -0.494 e. The van der Waals surface area contributed by atoms with Crippen molar-refractivity contribution >= 4 is 34.5 Å². The number of primary amides is 1. The van der Waals surface area contributed by atoms with Crippen LogP contribution in [0.4, 0.5) is 0 Å². The first-order valence-electron chi connectivity index (χ1n) is 11.8. The van der Waals surface area contributed by atoms with Gasteiger partial charge in [-0.3, -0.25) is 14.5 Å². The van der Waals surface area contributed by atoms with Crippen molar-refractivity contribution in [2.45, 2.75) is 40.2 Å². The topological polar surface area (TPSA) is 102 Å². The van der Waals surface area contributed by atoms with Gasteiger partial charge in [0.05, 0.1) is 27.9 Å². The zero-order chi connectivity index (χ0) is 25.1. The molecule has 2 amide bonds. The average molecular weight is 514 g/mol. The number of thiazole rings is 2. The van der Waals surface area contributed by atoms with Crippen molar-refractivity contribution in [2.75, 3.05) is 32.8 Å². The molecule has 1 fully saturated rings. The molecule has 10 heteroatoms. The van der Waals surface area contributed by atoms with Gasteiger partial charge in [0.15, 0.2) is 5.01 Å². The summed E-state index contributed by atoms with van der Waals surface area (Å²) in [5.74, 6) is 0.235. The Morgan fingerprint density at radius 3 is 2.57 bits per heavy atom. The Bertz CT molecular complexity index is 1210. The van der Waals surface area contributed by atoms with Gasteiger partial charge >= 0.3 is 0 Å². The van der Waals surface area contributed by atoms with Crippen LogP contribution in [0.15, 0.2) is 23.6 Å². The molecule has 4 rings (SSSR count). The number of benzene rings is 1. The molecule has 1 aliphatic heterocycles. The molecule has 1 aromatic carbocycles. The van der Waals surface area contributed by atoms with Crippen molar-refractivity contribution < 1.29 is 14.3 Å². The van der Waals surface area contributed by atoms with Crippen LogP contribution in [0.2, 0.25) is 0 Å². The largest absolute Gasteiger partial charge is 0.494 e. The maximum Gasteiger partial charge on any atom is 0.282 e. The molecule has 2 N–H and O–H groups in total. The number of hydrogen-bond donors (Lipinski definition) is 1. The first-order chi connectivity index (χ1) is 16.8. The molecule has 8 nitrogen and oxygen atoms in total. The van der Waals surface area contributed by atoms with Crippen molar-refractivity contribution in [3.8, 4) is 16.3 Å². The van der Waals surface area contributed by atoms with Gasteiger partial charge in [-0.15, -0.1) is 22.7 Å². The standard InChI is InChI=1S/C25H31N5O3S2/c1-5-33-20-7-6-17(23(26)31)12-18(20)13-21-28-19(14-34-21)22-16(4)27-24(35-22)25(32)30-10-8-29(9-11-30)15(2)3/h6-7,12,14-15H,5,8-11,13H2,1-4H3,(H2,26,31). The fraction of sp³-hybridized carbons (Fsp3) is 0.440. The summed E-state index contributed by atoms with van der Waals surface area (Å²) in [4.78, 5) is 39.3. The minimum atomic E-state index is -0.475. The molecule has 0 spiro atoms. The molecule has 0 radical (unpaired) electrons. The van der Waals surface area contributed by atoms with Gasteiger partial charge < -0.3 is 15.4 Å². The van der Waals surface area contributed by atoms with Crippen molar-refractivity contribution in [3.63, 3.8) is 0 Å². The molecule has 35 heavy (non-hydrogen) atoms. The molecule has 1 saturated heterocycles. The summed E-state index contributed by atoms with van der Waals surface area (Å²) in [7, 11) is 0. The highest BCUT2D eigenvalue weighted by Gasteiger charge is 2.26. The first kappa shape index (κ1) is 25.3. The lowest BCUT2D eigenvalue weighted by atomic mass is 10.1. The summed E-state index contributed by atoms with van der Waals surface area (Å²) in [6, 6.07) is 5.70. The Hall–Kier alpha value is -2.82. The van der Waals surface area contributed by atoms with Gasteiger partial charge in [0.25, 0.3) is 5.91 Å². The van der Waals surface area contributed by atoms with Crippen LogP contribution in [0.1, 0.15) is 57.2 Å². The van der Waals surface area contributed by atoms with E-state index < -0.39 is 5.91 Å². The Morgan fingerprint density at radius 1 is 1.17 bits per heavy atom. The van der Waals surface area contributed by atoms with E-state index in [2.05, 4.69) is 23.7 Å². The quantitative estimate of drug-likeness (QED) is 0.491. The van der Waals surface area contributed by atoms with E-state index in [1.54, 1.807) is 18.2 Å². The second kappa shape index (κ2) is 10.8. The van der Waals surface area contributed by atoms with E-state index in [-0.39, 0.29) is 5.91 Å². The van der Waals surface area contributed by atoms with Gasteiger partial charge in [0, 0.05) is 55.1 Å². The van der Waals surface area contributed by atoms with Crippen LogP contribution >= 0.6 is 22.7 Å². The Kier molecular flexibility index (Phi) is 7.83. The van der Waals surface area contributed by atoms with Crippen molar-refractivity contribution in [1.29, 1.82) is 0 Å². The smallest absolute Gasteiger partial charge is 0.282 e. The van der Waals surface area contributed by atoms with Gasteiger partial charge in [-0.1, -0.05) is 0 Å². The lowest BCUT2D eigenvalue weighted by Gasteiger charge is -2.36. The molecule has 0 atom stereocenters. The summed E-state index contributed by atoms with van der Waals surface area (Å²) in [6.07, 6.45) is 0.519. The summed E-state index contributed by atoms with van der Waals surface area (Å²) < 4.78 is 5.73. The predicted molar refractivity (Wildman–Crippen MR) is 140 cm³/mol. The van der Waals surface area contributed by atoms with Gasteiger partial charge in [-0.25, -0.2) is 9.97 Å². The average Bonchev–Trinajstić information content (AvgIpc) is 3.46. The van der Waals surface area contributed by atoms with E-state index >= 15 is 0 Å². The molecule has 0 unspecified atom stereocenters. The highest BCUT2D eigenvalue weighted by molar-refractivity contribution is 7.17. The van der Waals surface area contributed by atoms with Gasteiger partial charge in [0.2, 0.25) is 5.91 Å². The maximum absolute atomic E-state index is 13.1. The second-order valence-corrected chi connectivity index (χ2v) is 10.7. The normalized spacial score (nSPS) is 14.5. The molecule has 186 valence electrons. The van der Waals surface area contributed by atoms with Crippen LogP contribution < -0.4 is 10.5 Å². The third-order valence-electron chi connectivity index (χ3n) is 6.08. The predicted octanol–water partition coefficient (Wildman–Crippen LogP) is 3.83. The number of rotatable bonds is 8. The lowest BCUT2D eigenvalue weighted by Crippen LogP contribution is -2.50. The fourth-order valence-electron chi connectivity index (χ4n) is 4.13. The highest BCUT2D eigenvalue weighted by atomic mass is 32.1. The molecule has 0 bridgehead atoms. The number of hydrogen-bond acceptors (Lipinski definition) is 8. The summed E-state index contributed by atoms with van der Waals surface area (Å²) >= 11 is 2.93. The number of nitrogens with two attached hydrogens (primary N) is 1. The number of aryl methyl sites for hydroxylation is 1. The van der Waals surface area contributed by atoms with E-state index in [0.717, 1.165) is 53.0 Å². The van der Waals surface area contributed by atoms with Crippen LogP contribution in [-0.4, -0.2) is 70.4 Å². The minimum absolute atomic E-state index is 0.00664. The van der Waals surface area contributed by atoms with Gasteiger partial charge in [-0.2, -0.15) is 0 Å². The van der Waals surface area contributed by atoms with E-state index in [9.17, 15) is 9.59 Å². The molecule has 0 aliphatic carbocycles. The van der Waals surface area contributed by atoms with Gasteiger partial charge in [-0.05, 0) is 45.9 Å². The van der Waals surface area contributed by atoms with E-state index in [4.69, 9.17) is 15.5 Å². The number of nitrogens with zero attached hydrogens (tertiary/aromatic N) is 4. The SMILES string of the molecule is CCOc1ccc(C(N)=O)cc1Cc1nc(-c2sc(C(=O)N3CCN(C(C)C)CC3)nc2C)cs1. The number of piperazine rings is 1. The van der Waals surface area contributed by atoms with E-state index in [0.29, 0.717) is 35.4 Å². The van der Waals surface area contributed by atoms with Crippen LogP contribution in [0.3, 0.4) is 0 Å². The van der Waals surface area contributed by atoms with Crippen LogP contribution in [0, 0.1) is 6.92 Å². The lowest BCUT2D eigenvalue weighted by molar-refractivity contribution is 0.0595. The third-order valence-corrected chi connectivity index (χ3v) is 8.10. The molecule has 1 aliphatic rings. The second-order valence-electron chi connectivity index (χ2n) is 8.78. The first-order valence-corrected chi connectivity index (χ1v) is 13.5. The highest BCUT2D eigenvalue weighted by Crippen LogP contribution is 2.33. The zero-order valence-corrected chi connectivity index (χ0v) is 22.2. The summed E-state index contributed by atoms with van der Waals surface area (Å²) in [5.41, 5.74) is 8.39. The fourth-order valence-corrected chi connectivity index (χ4v) is 6.01. The molecule has 3 heterocycles. The summed E-state index contributed by atoms with van der Waals surface area (Å²) in [6.45, 7) is 11.9. The Labute approximate surface area is 213 Å². The molecule has 0 saturated carbocycles. The van der Waals surface area contributed by atoms with Crippen molar-refractivity contribution in [2.24, 2.45) is 5.73 Å². The number of aromatic nitrogens is 2. The van der Waals surface area contributed by atoms with Gasteiger partial charge in [0.1, 0.15) is 5.75 Å². The van der Waals surface area contributed by atoms with Crippen molar-refractivity contribution in [3.05, 3.63) is 50.4 Å². The monoisotopic (exact) mass is 513 g/mol. The number of amides is 2. The van der Waals surface area contributed by atoms with Crippen molar-refractivity contribution in [1.82, 2.24) is 19.8 Å². The molecular formula is C25H31N5O3S2. The Balaban J connectivity index is 1.50. The molecule has 3 aromatic rings. The molecule has 2 aromatic heterocycles. The summed E-state index contributed by atoms with van der Waals surface area (Å²) in [5, 5.41) is 3.38. The van der Waals surface area contributed by atoms with E-state index in [1.165, 1.54) is 22.7 Å². The Morgan fingerprint density at radius 2 is 1.91 bits per heavy atom. The van der Waals surface area contributed by atoms with Crippen LogP contribution in [0.25, 0.3) is 10.6 Å². The zero-order valence-electron chi connectivity index (χ0n) is 20.5. The van der Waals surface area contributed by atoms with Crippen LogP contribution in [0.5, 0.6) is 5.75 Å².